The Labute approximate surface area is 197 Å². The Balaban J connectivity index is 0.000000406. The fourth-order valence-electron chi connectivity index (χ4n) is 4.66. The molecule has 0 spiro atoms. The zero-order valence-corrected chi connectivity index (χ0v) is 19.5. The molecule has 7 nitrogen and oxygen atoms in total. The van der Waals surface area contributed by atoms with E-state index in [4.69, 9.17) is 9.90 Å². The highest BCUT2D eigenvalue weighted by atomic mass is 19.4. The third-order valence-corrected chi connectivity index (χ3v) is 6.44. The van der Waals surface area contributed by atoms with Crippen LogP contribution in [0.5, 0.6) is 0 Å². The van der Waals surface area contributed by atoms with Crippen molar-refractivity contribution in [2.45, 2.75) is 51.9 Å². The molecule has 0 fully saturated rings. The summed E-state index contributed by atoms with van der Waals surface area (Å²) in [6.07, 6.45) is -0.486. The van der Waals surface area contributed by atoms with Gasteiger partial charge in [-0.2, -0.15) is 18.3 Å². The van der Waals surface area contributed by atoms with E-state index in [0.717, 1.165) is 44.7 Å². The maximum absolute atomic E-state index is 13.1. The van der Waals surface area contributed by atoms with Crippen molar-refractivity contribution in [2.24, 2.45) is 5.92 Å². The Hall–Kier alpha value is -2.88. The number of aliphatic carboxylic acids is 1. The summed E-state index contributed by atoms with van der Waals surface area (Å²) in [5.41, 5.74) is 4.00. The summed E-state index contributed by atoms with van der Waals surface area (Å²) in [5, 5.41) is 11.7. The first-order valence-electron chi connectivity index (χ1n) is 11.5. The average Bonchev–Trinajstić information content (AvgIpc) is 3.43. The van der Waals surface area contributed by atoms with E-state index in [-0.39, 0.29) is 6.04 Å². The van der Waals surface area contributed by atoms with E-state index in [0.29, 0.717) is 24.8 Å². The van der Waals surface area contributed by atoms with Crippen molar-refractivity contribution in [3.05, 3.63) is 53.3 Å². The summed E-state index contributed by atoms with van der Waals surface area (Å²) in [4.78, 5) is 26.5. The number of aromatic nitrogens is 2. The largest absolute Gasteiger partial charge is 0.490 e. The molecule has 186 valence electrons. The Morgan fingerprint density at radius 2 is 1.71 bits per heavy atom. The summed E-state index contributed by atoms with van der Waals surface area (Å²) < 4.78 is 33.9. The maximum Gasteiger partial charge on any atom is 0.490 e. The first-order valence-corrected chi connectivity index (χ1v) is 11.5. The van der Waals surface area contributed by atoms with E-state index in [2.05, 4.69) is 63.8 Å². The molecule has 1 amide bonds. The minimum absolute atomic E-state index is 0.244. The summed E-state index contributed by atoms with van der Waals surface area (Å²) in [6.45, 7) is 8.83. The number of nitrogens with zero attached hydrogens (tertiary/aromatic N) is 4. The lowest BCUT2D eigenvalue weighted by Crippen LogP contribution is -2.45. The first kappa shape index (κ1) is 25.7. The molecule has 1 N–H and O–H groups in total. The minimum Gasteiger partial charge on any atom is -0.475 e. The second-order valence-electron chi connectivity index (χ2n) is 8.73. The predicted octanol–water partition coefficient (Wildman–Crippen LogP) is 3.55. The molecule has 0 bridgehead atoms. The molecule has 1 aliphatic carbocycles. The van der Waals surface area contributed by atoms with Crippen molar-refractivity contribution in [3.8, 4) is 0 Å². The molecular weight excluding hydrogens is 449 g/mol. The normalized spacial score (nSPS) is 17.7. The molecule has 2 aromatic rings. The summed E-state index contributed by atoms with van der Waals surface area (Å²) in [7, 11) is 0. The monoisotopic (exact) mass is 480 g/mol. The van der Waals surface area contributed by atoms with Crippen LogP contribution in [0.2, 0.25) is 0 Å². The van der Waals surface area contributed by atoms with E-state index < -0.39 is 12.1 Å². The standard InChI is InChI=1S/C22H30N4O.C2HF3O2/c1-3-24(4-2)14-21-16-25(15-20-9-10-23-26(20)21)22(27)13-17-11-18-7-5-6-8-19(18)12-17;3-2(4,5)1(6)7/h5-10,17,21H,3-4,11-16H2,1-2H3;(H,6,7). The quantitative estimate of drug-likeness (QED) is 0.684. The molecule has 1 aromatic carbocycles. The van der Waals surface area contributed by atoms with Crippen LogP contribution in [0.15, 0.2) is 36.5 Å². The Kier molecular flexibility index (Phi) is 8.35. The predicted molar refractivity (Wildman–Crippen MR) is 120 cm³/mol. The van der Waals surface area contributed by atoms with Crippen molar-refractivity contribution in [1.29, 1.82) is 0 Å². The molecule has 1 aromatic heterocycles. The van der Waals surface area contributed by atoms with Crippen LogP contribution in [-0.4, -0.2) is 68.9 Å². The Bertz CT molecular complexity index is 963. The third-order valence-electron chi connectivity index (χ3n) is 6.44. The number of rotatable bonds is 6. The van der Waals surface area contributed by atoms with Crippen molar-refractivity contribution in [2.75, 3.05) is 26.2 Å². The third kappa shape index (κ3) is 6.37. The van der Waals surface area contributed by atoms with Gasteiger partial charge in [-0.05, 0) is 49.0 Å². The molecular formula is C24H31F3N4O3. The SMILES string of the molecule is CCN(CC)CC1CN(C(=O)CC2Cc3ccccc3C2)Cc2ccnn21.O=C(O)C(F)(F)F. The number of carbonyl (C=O) groups is 2. The Morgan fingerprint density at radius 3 is 2.24 bits per heavy atom. The molecule has 1 unspecified atom stereocenters. The fourth-order valence-corrected chi connectivity index (χ4v) is 4.66. The lowest BCUT2D eigenvalue weighted by molar-refractivity contribution is -0.192. The zero-order valence-electron chi connectivity index (χ0n) is 19.5. The van der Waals surface area contributed by atoms with Crippen LogP contribution in [0.3, 0.4) is 0 Å². The average molecular weight is 481 g/mol. The van der Waals surface area contributed by atoms with Gasteiger partial charge in [-0.15, -0.1) is 0 Å². The molecule has 1 aliphatic heterocycles. The second-order valence-corrected chi connectivity index (χ2v) is 8.73. The van der Waals surface area contributed by atoms with Gasteiger partial charge < -0.3 is 14.9 Å². The Morgan fingerprint density at radius 1 is 1.12 bits per heavy atom. The van der Waals surface area contributed by atoms with Gasteiger partial charge in [-0.25, -0.2) is 4.79 Å². The zero-order chi connectivity index (χ0) is 24.9. The second kappa shape index (κ2) is 11.0. The number of carboxylic acid groups (broad SMARTS) is 1. The van der Waals surface area contributed by atoms with Crippen molar-refractivity contribution in [1.82, 2.24) is 19.6 Å². The first-order chi connectivity index (χ1) is 16.1. The number of hydrogen-bond acceptors (Lipinski definition) is 4. The van der Waals surface area contributed by atoms with Crippen LogP contribution in [-0.2, 0) is 29.0 Å². The van der Waals surface area contributed by atoms with Crippen LogP contribution in [0.25, 0.3) is 0 Å². The van der Waals surface area contributed by atoms with Crippen LogP contribution in [0.4, 0.5) is 13.2 Å². The number of alkyl halides is 3. The summed E-state index contributed by atoms with van der Waals surface area (Å²) >= 11 is 0. The van der Waals surface area contributed by atoms with E-state index in [1.807, 2.05) is 6.20 Å². The van der Waals surface area contributed by atoms with Gasteiger partial charge in [0, 0.05) is 25.7 Å². The number of likely N-dealkylation sites (N-methyl/N-ethyl adjacent to an activating group) is 1. The number of carboxylic acids is 1. The highest BCUT2D eigenvalue weighted by molar-refractivity contribution is 5.77. The van der Waals surface area contributed by atoms with Gasteiger partial charge in [0.05, 0.1) is 18.3 Å². The number of hydrogen-bond donors (Lipinski definition) is 1. The molecule has 2 heterocycles. The van der Waals surface area contributed by atoms with Gasteiger partial charge >= 0.3 is 12.1 Å². The summed E-state index contributed by atoms with van der Waals surface area (Å²) in [5.74, 6) is -2.01. The lowest BCUT2D eigenvalue weighted by Gasteiger charge is -2.36. The van der Waals surface area contributed by atoms with Gasteiger partial charge in [-0.1, -0.05) is 38.1 Å². The van der Waals surface area contributed by atoms with E-state index in [9.17, 15) is 18.0 Å². The molecule has 0 radical (unpaired) electrons. The van der Waals surface area contributed by atoms with Crippen LogP contribution < -0.4 is 0 Å². The van der Waals surface area contributed by atoms with Gasteiger partial charge in [0.15, 0.2) is 0 Å². The number of halogens is 3. The van der Waals surface area contributed by atoms with Crippen LogP contribution >= 0.6 is 0 Å². The molecule has 10 heteroatoms. The van der Waals surface area contributed by atoms with Crippen molar-refractivity contribution in [3.63, 3.8) is 0 Å². The van der Waals surface area contributed by atoms with Gasteiger partial charge in [0.25, 0.3) is 0 Å². The highest BCUT2D eigenvalue weighted by Crippen LogP contribution is 2.30. The number of benzene rings is 1. The molecule has 1 atom stereocenters. The molecule has 2 aliphatic rings. The maximum atomic E-state index is 13.1. The minimum atomic E-state index is -5.08. The highest BCUT2D eigenvalue weighted by Gasteiger charge is 2.38. The topological polar surface area (TPSA) is 78.7 Å². The van der Waals surface area contributed by atoms with Gasteiger partial charge in [-0.3, -0.25) is 9.48 Å². The van der Waals surface area contributed by atoms with Crippen molar-refractivity contribution < 1.29 is 27.9 Å². The lowest BCUT2D eigenvalue weighted by atomic mass is 10.0. The van der Waals surface area contributed by atoms with Crippen molar-refractivity contribution >= 4 is 11.9 Å². The van der Waals surface area contributed by atoms with E-state index >= 15 is 0 Å². The molecule has 34 heavy (non-hydrogen) atoms. The smallest absolute Gasteiger partial charge is 0.475 e. The molecule has 0 saturated heterocycles. The summed E-state index contributed by atoms with van der Waals surface area (Å²) in [6, 6.07) is 10.9. The number of fused-ring (bicyclic) bond motifs is 2. The van der Waals surface area contributed by atoms with Crippen LogP contribution in [0, 0.1) is 5.92 Å². The number of amides is 1. The molecule has 4 rings (SSSR count). The van der Waals surface area contributed by atoms with Gasteiger partial charge in [0.2, 0.25) is 5.91 Å². The van der Waals surface area contributed by atoms with E-state index in [1.165, 1.54) is 11.1 Å². The van der Waals surface area contributed by atoms with Gasteiger partial charge in [0.1, 0.15) is 0 Å². The van der Waals surface area contributed by atoms with E-state index in [1.54, 1.807) is 0 Å². The number of carbonyl (C=O) groups excluding carboxylic acids is 1. The van der Waals surface area contributed by atoms with Crippen LogP contribution in [0.1, 0.15) is 43.1 Å². The fraction of sp³-hybridized carbons (Fsp3) is 0.542. The molecule has 0 saturated carbocycles.